The third kappa shape index (κ3) is 10.1. The fraction of sp³-hybridized carbons (Fsp3) is 1.00. The van der Waals surface area contributed by atoms with Crippen molar-refractivity contribution in [2.75, 3.05) is 0 Å². The van der Waals surface area contributed by atoms with Crippen LogP contribution < -0.4 is 0 Å². The van der Waals surface area contributed by atoms with Gasteiger partial charge in [-0.2, -0.15) is 0 Å². The van der Waals surface area contributed by atoms with Gasteiger partial charge < -0.3 is 39.1 Å². The lowest BCUT2D eigenvalue weighted by molar-refractivity contribution is -0.104. The van der Waals surface area contributed by atoms with Gasteiger partial charge in [0, 0.05) is 12.8 Å². The van der Waals surface area contributed by atoms with E-state index in [-0.39, 0.29) is 0 Å². The molecule has 4 atom stereocenters. The smallest absolute Gasteiger partial charge is 0.303 e. The molecule has 0 bridgehead atoms. The Morgan fingerprint density at radius 1 is 0.538 bits per heavy atom. The topological polar surface area (TPSA) is 267 Å². The third-order valence-electron chi connectivity index (χ3n) is 2.81. The first kappa shape index (κ1) is 24.5. The fourth-order valence-corrected chi connectivity index (χ4v) is 4.52. The quantitative estimate of drug-likeness (QED) is 0.192. The van der Waals surface area contributed by atoms with Gasteiger partial charge in [-0.3, -0.25) is 18.1 Å². The van der Waals surface area contributed by atoms with Crippen LogP contribution in [0.15, 0.2) is 0 Å². The molecule has 1 saturated carbocycles. The van der Waals surface area contributed by atoms with Crippen molar-refractivity contribution in [2.24, 2.45) is 0 Å². The van der Waals surface area contributed by atoms with E-state index in [0.29, 0.717) is 0 Å². The molecule has 26 heavy (non-hydrogen) atoms. The predicted octanol–water partition coefficient (Wildman–Crippen LogP) is -1.31. The number of hydrogen-bond acceptors (Lipinski definition) is 8. The Hall–Kier alpha value is 0.440. The fourth-order valence-electron chi connectivity index (χ4n) is 2.26. The van der Waals surface area contributed by atoms with Gasteiger partial charge >= 0.3 is 31.3 Å². The van der Waals surface area contributed by atoms with Crippen LogP contribution in [0.5, 0.6) is 0 Å². The average Bonchev–Trinajstić information content (AvgIpc) is 2.25. The molecule has 20 heteroatoms. The van der Waals surface area contributed by atoms with E-state index < -0.39 is 68.5 Å². The summed E-state index contributed by atoms with van der Waals surface area (Å²) in [5.74, 6) is 0. The zero-order chi connectivity index (χ0) is 20.6. The van der Waals surface area contributed by atoms with Crippen LogP contribution in [0.2, 0.25) is 0 Å². The van der Waals surface area contributed by atoms with Crippen molar-refractivity contribution in [1.29, 1.82) is 0 Å². The highest BCUT2D eigenvalue weighted by atomic mass is 31.2. The summed E-state index contributed by atoms with van der Waals surface area (Å²) in [6.45, 7) is 0. The minimum Gasteiger partial charge on any atom is -0.303 e. The van der Waals surface area contributed by atoms with E-state index in [9.17, 15) is 18.3 Å². The molecular weight excluding hydrogens is 452 g/mol. The molecule has 1 aliphatic carbocycles. The van der Waals surface area contributed by atoms with E-state index in [1.807, 2.05) is 0 Å². The van der Waals surface area contributed by atoms with Crippen LogP contribution in [0.1, 0.15) is 12.8 Å². The van der Waals surface area contributed by atoms with Crippen molar-refractivity contribution in [2.45, 2.75) is 37.3 Å². The second kappa shape index (κ2) is 8.44. The van der Waals surface area contributed by atoms with Crippen LogP contribution in [-0.4, -0.2) is 63.6 Å². The van der Waals surface area contributed by atoms with E-state index in [0.717, 1.165) is 0 Å². The normalized spacial score (nSPS) is 28.9. The van der Waals surface area contributed by atoms with Crippen molar-refractivity contribution in [3.63, 3.8) is 0 Å². The second-order valence-electron chi connectivity index (χ2n) is 5.02. The summed E-state index contributed by atoms with van der Waals surface area (Å²) in [6, 6.07) is 0. The average molecular weight is 468 g/mol. The Morgan fingerprint density at radius 2 is 0.846 bits per heavy atom. The Morgan fingerprint density at radius 3 is 1.12 bits per heavy atom. The van der Waals surface area contributed by atoms with E-state index in [4.69, 9.17) is 39.1 Å². The van der Waals surface area contributed by atoms with Crippen LogP contribution in [-0.2, 0) is 36.4 Å². The molecule has 0 heterocycles. The highest BCUT2D eigenvalue weighted by Gasteiger charge is 2.49. The summed E-state index contributed by atoms with van der Waals surface area (Å²) in [5, 5.41) is 0. The molecule has 0 radical (unpaired) electrons. The molecule has 156 valence electrons. The Bertz CT molecular complexity index is 632. The maximum atomic E-state index is 11.0. The lowest BCUT2D eigenvalue weighted by Gasteiger charge is -2.40. The van der Waals surface area contributed by atoms with Crippen molar-refractivity contribution in [3.8, 4) is 0 Å². The number of rotatable bonds is 8. The maximum Gasteiger partial charge on any atom is 0.470 e. The van der Waals surface area contributed by atoms with Gasteiger partial charge in [0.05, 0.1) is 6.10 Å². The lowest BCUT2D eigenvalue weighted by atomic mass is 9.90. The molecule has 0 aromatic heterocycles. The number of phosphoric ester groups is 4. The summed E-state index contributed by atoms with van der Waals surface area (Å²) >= 11 is 0. The monoisotopic (exact) mass is 468 g/mol. The third-order valence-corrected chi connectivity index (χ3v) is 5.00. The zero-order valence-corrected chi connectivity index (χ0v) is 15.9. The summed E-state index contributed by atoms with van der Waals surface area (Å²) in [6.07, 6.45) is -9.27. The van der Waals surface area contributed by atoms with E-state index in [2.05, 4.69) is 18.1 Å². The SMILES string of the molecule is O=P(O)(O)OC1C[C@H](OP(=O)(O)O)C(OP(=O)(O)O)[C@H](OP(=O)(O)O)C1. The largest absolute Gasteiger partial charge is 0.470 e. The van der Waals surface area contributed by atoms with Gasteiger partial charge in [-0.25, -0.2) is 18.3 Å². The Kier molecular flexibility index (Phi) is 7.94. The molecule has 0 saturated heterocycles. The molecule has 0 aliphatic heterocycles. The first-order chi connectivity index (χ1) is 11.3. The lowest BCUT2D eigenvalue weighted by Crippen LogP contribution is -2.49. The maximum absolute atomic E-state index is 11.0. The van der Waals surface area contributed by atoms with Gasteiger partial charge in [-0.05, 0) is 0 Å². The molecule has 0 amide bonds. The Balaban J connectivity index is 3.22. The van der Waals surface area contributed by atoms with Crippen LogP contribution in [0.4, 0.5) is 0 Å². The molecule has 1 aliphatic rings. The summed E-state index contributed by atoms with van der Waals surface area (Å²) in [5.41, 5.74) is 0. The minimum absolute atomic E-state index is 0.762. The van der Waals surface area contributed by atoms with Gasteiger partial charge in [0.15, 0.2) is 0 Å². The standard InChI is InChI=1S/C6H16O16P4/c7-23(8,9)19-3-1-4(20-24(10,11)12)6(22-26(16,17)18)5(2-3)21-25(13,14)15/h3-6H,1-2H2,(H2,7,8,9)(H2,10,11,12)(H2,13,14,15)(H2,16,17,18)/t3?,4-,5+,6?. The van der Waals surface area contributed by atoms with Crippen molar-refractivity contribution < 1.29 is 75.5 Å². The Labute approximate surface area is 145 Å². The first-order valence-corrected chi connectivity index (χ1v) is 12.4. The first-order valence-electron chi connectivity index (χ1n) is 6.30. The van der Waals surface area contributed by atoms with Crippen LogP contribution in [0, 0.1) is 0 Å². The van der Waals surface area contributed by atoms with E-state index in [1.165, 1.54) is 0 Å². The van der Waals surface area contributed by atoms with Crippen LogP contribution in [0.25, 0.3) is 0 Å². The van der Waals surface area contributed by atoms with Gasteiger partial charge in [0.2, 0.25) is 0 Å². The summed E-state index contributed by atoms with van der Waals surface area (Å²) in [7, 11) is -21.2. The van der Waals surface area contributed by atoms with Gasteiger partial charge in [0.25, 0.3) is 0 Å². The predicted molar refractivity (Wildman–Crippen MR) is 76.9 cm³/mol. The van der Waals surface area contributed by atoms with Crippen LogP contribution >= 0.6 is 31.3 Å². The van der Waals surface area contributed by atoms with Crippen LogP contribution in [0.3, 0.4) is 0 Å². The van der Waals surface area contributed by atoms with E-state index >= 15 is 0 Å². The molecule has 0 spiro atoms. The number of hydrogen-bond donors (Lipinski definition) is 8. The van der Waals surface area contributed by atoms with Crippen molar-refractivity contribution in [3.05, 3.63) is 0 Å². The molecule has 1 rings (SSSR count). The van der Waals surface area contributed by atoms with E-state index in [1.54, 1.807) is 0 Å². The molecule has 8 N–H and O–H groups in total. The van der Waals surface area contributed by atoms with Gasteiger partial charge in [0.1, 0.15) is 18.3 Å². The molecular formula is C6H16O16P4. The molecule has 0 aromatic rings. The summed E-state index contributed by atoms with van der Waals surface area (Å²) in [4.78, 5) is 70.9. The zero-order valence-electron chi connectivity index (χ0n) is 12.4. The molecule has 16 nitrogen and oxygen atoms in total. The highest BCUT2D eigenvalue weighted by molar-refractivity contribution is 7.47. The highest BCUT2D eigenvalue weighted by Crippen LogP contribution is 2.51. The van der Waals surface area contributed by atoms with Crippen molar-refractivity contribution >= 4 is 31.3 Å². The second-order valence-corrected chi connectivity index (χ2v) is 9.79. The van der Waals surface area contributed by atoms with Gasteiger partial charge in [-0.1, -0.05) is 0 Å². The number of phosphoric acid groups is 4. The summed E-state index contributed by atoms with van der Waals surface area (Å²) < 4.78 is 61.1. The minimum atomic E-state index is -5.36. The molecule has 1 fully saturated rings. The molecule has 0 aromatic carbocycles. The van der Waals surface area contributed by atoms with Gasteiger partial charge in [-0.15, -0.1) is 0 Å². The van der Waals surface area contributed by atoms with Crippen molar-refractivity contribution in [1.82, 2.24) is 0 Å². The molecule has 2 unspecified atom stereocenters.